The lowest BCUT2D eigenvalue weighted by molar-refractivity contribution is -0.345. The van der Waals surface area contributed by atoms with Crippen LogP contribution in [0.3, 0.4) is 0 Å². The number of ether oxygens (including phenoxy) is 8. The largest absolute Gasteiger partial charge is 0.375 e. The minimum Gasteiger partial charge on any atom is -0.375 e. The summed E-state index contributed by atoms with van der Waals surface area (Å²) in [5.41, 5.74) is 6.34. The molecule has 0 radical (unpaired) electrons. The van der Waals surface area contributed by atoms with Crippen LogP contribution in [-0.4, -0.2) is 68.7 Å². The van der Waals surface area contributed by atoms with Crippen molar-refractivity contribution in [2.45, 2.75) is 95.0 Å². The third kappa shape index (κ3) is 13.5. The average molecular weight is 850 g/mol. The summed E-state index contributed by atoms with van der Waals surface area (Å²) < 4.78 is 55.0. The minimum atomic E-state index is -0.902. The zero-order valence-electron chi connectivity index (χ0n) is 35.8. The molecule has 2 saturated heterocycles. The number of rotatable bonds is 22. The lowest BCUT2D eigenvalue weighted by atomic mass is 9.95. The SMILES string of the molecule is c1ccc(COC[C@@H]2NCC[C@@H](OCc3ccccc3)[C@@H]2O[C@@H]2O[C@H](COCc3ccccc3)[C@H](OCc3ccccc3)[C@H](OCc3ccccc3)[C@H]2OCc2ccccc2)cc1. The standard InChI is InChI=1S/C54H59NO8/c1-7-19-41(20-8-1)33-56-39-47-50(48(31-32-55-47)58-35-43-23-11-3-12-24-43)63-54-53(61-38-46-29-17-6-18-30-46)52(60-37-45-27-15-5-16-28-45)51(59-36-44-25-13-4-14-26-44)49(62-54)40-57-34-42-21-9-2-10-22-42/h1-30,47-55H,31-40H2/t47-,48+,49+,50+,51-,52-,53+,54-/m0/s1. The van der Waals surface area contributed by atoms with Crippen LogP contribution in [0.15, 0.2) is 182 Å². The molecule has 0 spiro atoms. The van der Waals surface area contributed by atoms with Gasteiger partial charge in [0.05, 0.1) is 65.0 Å². The third-order valence-corrected chi connectivity index (χ3v) is 11.4. The molecule has 9 heteroatoms. The van der Waals surface area contributed by atoms with Crippen LogP contribution in [0, 0.1) is 0 Å². The summed E-state index contributed by atoms with van der Waals surface area (Å²) in [5, 5.41) is 3.71. The third-order valence-electron chi connectivity index (χ3n) is 11.4. The minimum absolute atomic E-state index is 0.217. The van der Waals surface area contributed by atoms with E-state index >= 15 is 0 Å². The number of piperidine rings is 1. The number of nitrogens with one attached hydrogen (secondary N) is 1. The van der Waals surface area contributed by atoms with Crippen LogP contribution in [0.4, 0.5) is 0 Å². The van der Waals surface area contributed by atoms with Crippen LogP contribution in [0.1, 0.15) is 39.8 Å². The summed E-state index contributed by atoms with van der Waals surface area (Å²) in [5.74, 6) is 0. The molecule has 2 aliphatic rings. The second-order valence-electron chi connectivity index (χ2n) is 16.1. The zero-order valence-corrected chi connectivity index (χ0v) is 35.8. The van der Waals surface area contributed by atoms with Crippen molar-refractivity contribution in [3.8, 4) is 0 Å². The maximum atomic E-state index is 7.33. The van der Waals surface area contributed by atoms with Crippen molar-refractivity contribution in [3.63, 3.8) is 0 Å². The predicted molar refractivity (Wildman–Crippen MR) is 242 cm³/mol. The van der Waals surface area contributed by atoms with Gasteiger partial charge in [-0.3, -0.25) is 0 Å². The molecule has 0 aromatic heterocycles. The van der Waals surface area contributed by atoms with Crippen molar-refractivity contribution >= 4 is 0 Å². The Morgan fingerprint density at radius 2 is 0.778 bits per heavy atom. The first-order chi connectivity index (χ1) is 31.2. The Morgan fingerprint density at radius 3 is 1.24 bits per heavy atom. The zero-order chi connectivity index (χ0) is 42.7. The quantitative estimate of drug-likeness (QED) is 0.0719. The van der Waals surface area contributed by atoms with Gasteiger partial charge in [-0.2, -0.15) is 0 Å². The van der Waals surface area contributed by atoms with Gasteiger partial charge in [0.25, 0.3) is 0 Å². The molecule has 63 heavy (non-hydrogen) atoms. The highest BCUT2D eigenvalue weighted by molar-refractivity contribution is 5.18. The van der Waals surface area contributed by atoms with Crippen molar-refractivity contribution in [1.82, 2.24) is 5.32 Å². The first-order valence-corrected chi connectivity index (χ1v) is 22.1. The maximum absolute atomic E-state index is 7.33. The summed E-state index contributed by atoms with van der Waals surface area (Å²) in [6.45, 7) is 3.66. The summed E-state index contributed by atoms with van der Waals surface area (Å²) in [7, 11) is 0. The molecule has 6 aromatic carbocycles. The Labute approximate surface area is 372 Å². The van der Waals surface area contributed by atoms with Crippen LogP contribution >= 0.6 is 0 Å². The first-order valence-electron chi connectivity index (χ1n) is 22.1. The Balaban J connectivity index is 1.12. The molecular weight excluding hydrogens is 791 g/mol. The first kappa shape index (κ1) is 44.6. The molecule has 0 aliphatic carbocycles. The van der Waals surface area contributed by atoms with Crippen LogP contribution < -0.4 is 5.32 Å². The van der Waals surface area contributed by atoms with Gasteiger partial charge in [-0.15, -0.1) is 0 Å². The van der Waals surface area contributed by atoms with E-state index in [4.69, 9.17) is 37.9 Å². The molecule has 1 N–H and O–H groups in total. The Morgan fingerprint density at radius 1 is 0.397 bits per heavy atom. The Bertz CT molecular complexity index is 2130. The van der Waals surface area contributed by atoms with Crippen molar-refractivity contribution in [2.75, 3.05) is 19.8 Å². The molecule has 0 saturated carbocycles. The summed E-state index contributed by atoms with van der Waals surface area (Å²) >= 11 is 0. The number of hydrogen-bond donors (Lipinski definition) is 1. The summed E-state index contributed by atoms with van der Waals surface area (Å²) in [6.07, 6.45) is -3.46. The fourth-order valence-corrected chi connectivity index (χ4v) is 8.13. The van der Waals surface area contributed by atoms with E-state index in [-0.39, 0.29) is 18.8 Å². The summed E-state index contributed by atoms with van der Waals surface area (Å²) in [6, 6.07) is 60.9. The van der Waals surface area contributed by atoms with E-state index in [2.05, 4.69) is 78.1 Å². The van der Waals surface area contributed by atoms with E-state index in [1.54, 1.807) is 0 Å². The molecule has 9 nitrogen and oxygen atoms in total. The average Bonchev–Trinajstić information content (AvgIpc) is 3.34. The van der Waals surface area contributed by atoms with Crippen LogP contribution in [0.5, 0.6) is 0 Å². The van der Waals surface area contributed by atoms with Crippen molar-refractivity contribution in [2.24, 2.45) is 0 Å². The van der Waals surface area contributed by atoms with E-state index in [9.17, 15) is 0 Å². The monoisotopic (exact) mass is 849 g/mol. The van der Waals surface area contributed by atoms with Gasteiger partial charge in [-0.05, 0) is 46.3 Å². The highest BCUT2D eigenvalue weighted by atomic mass is 16.7. The number of benzene rings is 6. The molecule has 2 aliphatic heterocycles. The van der Waals surface area contributed by atoms with Gasteiger partial charge < -0.3 is 43.2 Å². The molecule has 0 bridgehead atoms. The van der Waals surface area contributed by atoms with E-state index in [0.29, 0.717) is 46.2 Å². The van der Waals surface area contributed by atoms with Crippen LogP contribution in [0.2, 0.25) is 0 Å². The van der Waals surface area contributed by atoms with Gasteiger partial charge >= 0.3 is 0 Å². The van der Waals surface area contributed by atoms with Gasteiger partial charge in [0.2, 0.25) is 0 Å². The fourth-order valence-electron chi connectivity index (χ4n) is 8.13. The highest BCUT2D eigenvalue weighted by Gasteiger charge is 2.51. The molecular formula is C54H59NO8. The van der Waals surface area contributed by atoms with Crippen LogP contribution in [0.25, 0.3) is 0 Å². The lowest BCUT2D eigenvalue weighted by Gasteiger charge is -2.48. The Kier molecular flexibility index (Phi) is 17.1. The molecule has 8 atom stereocenters. The molecule has 6 aromatic rings. The van der Waals surface area contributed by atoms with Crippen molar-refractivity contribution < 1.29 is 37.9 Å². The van der Waals surface area contributed by atoms with Gasteiger partial charge in [0.1, 0.15) is 30.5 Å². The van der Waals surface area contributed by atoms with E-state index in [1.165, 1.54) is 0 Å². The van der Waals surface area contributed by atoms with Gasteiger partial charge in [0, 0.05) is 0 Å². The molecule has 2 heterocycles. The second kappa shape index (κ2) is 24.1. The van der Waals surface area contributed by atoms with Gasteiger partial charge in [-0.1, -0.05) is 182 Å². The second-order valence-corrected chi connectivity index (χ2v) is 16.1. The molecule has 328 valence electrons. The van der Waals surface area contributed by atoms with E-state index < -0.39 is 36.8 Å². The molecule has 8 rings (SSSR count). The normalized spacial score (nSPS) is 23.6. The predicted octanol–water partition coefficient (Wildman–Crippen LogP) is 9.23. The highest BCUT2D eigenvalue weighted by Crippen LogP contribution is 2.34. The van der Waals surface area contributed by atoms with Crippen molar-refractivity contribution in [1.29, 1.82) is 0 Å². The summed E-state index contributed by atoms with van der Waals surface area (Å²) in [4.78, 5) is 0. The van der Waals surface area contributed by atoms with E-state index in [0.717, 1.165) is 46.3 Å². The fraction of sp³-hybridized carbons (Fsp3) is 0.333. The Hall–Kier alpha value is -5.04. The van der Waals surface area contributed by atoms with Crippen molar-refractivity contribution in [3.05, 3.63) is 215 Å². The molecule has 0 unspecified atom stereocenters. The van der Waals surface area contributed by atoms with Crippen LogP contribution in [-0.2, 0) is 77.5 Å². The molecule has 0 amide bonds. The lowest BCUT2D eigenvalue weighted by Crippen LogP contribution is -2.65. The smallest absolute Gasteiger partial charge is 0.187 e. The maximum Gasteiger partial charge on any atom is 0.187 e. The van der Waals surface area contributed by atoms with Gasteiger partial charge in [0.15, 0.2) is 6.29 Å². The van der Waals surface area contributed by atoms with E-state index in [1.807, 2.05) is 109 Å². The molecule has 2 fully saturated rings. The van der Waals surface area contributed by atoms with Gasteiger partial charge in [-0.25, -0.2) is 0 Å². The topological polar surface area (TPSA) is 85.9 Å². The number of hydrogen-bond acceptors (Lipinski definition) is 9.